The summed E-state index contributed by atoms with van der Waals surface area (Å²) in [6, 6.07) is 8.10. The number of hydrogen-bond acceptors (Lipinski definition) is 2. The van der Waals surface area contributed by atoms with Crippen LogP contribution in [0.2, 0.25) is 0 Å². The molecule has 0 heterocycles. The molecule has 0 unspecified atom stereocenters. The summed E-state index contributed by atoms with van der Waals surface area (Å²) in [7, 11) is 3.56. The van der Waals surface area contributed by atoms with Crippen LogP contribution in [0.1, 0.15) is 37.7 Å². The third-order valence-electron chi connectivity index (χ3n) is 4.00. The number of amides is 1. The van der Waals surface area contributed by atoms with E-state index in [9.17, 15) is 4.79 Å². The van der Waals surface area contributed by atoms with Crippen molar-refractivity contribution in [2.75, 3.05) is 14.2 Å². The van der Waals surface area contributed by atoms with E-state index in [4.69, 9.17) is 4.74 Å². The predicted molar refractivity (Wildman–Crippen MR) is 81.7 cm³/mol. The number of hydrogen-bond donors (Lipinski definition) is 0. The minimum Gasteiger partial charge on any atom is -0.497 e. The van der Waals surface area contributed by atoms with Crippen LogP contribution in [0.4, 0.5) is 0 Å². The van der Waals surface area contributed by atoms with Crippen molar-refractivity contribution < 1.29 is 9.53 Å². The fourth-order valence-corrected chi connectivity index (χ4v) is 2.65. The average Bonchev–Trinajstić information content (AvgIpc) is 2.53. The van der Waals surface area contributed by atoms with Crippen molar-refractivity contribution in [1.29, 1.82) is 0 Å². The largest absolute Gasteiger partial charge is 0.497 e. The van der Waals surface area contributed by atoms with Gasteiger partial charge < -0.3 is 9.64 Å². The third kappa shape index (κ3) is 3.86. The molecule has 3 nitrogen and oxygen atoms in total. The lowest BCUT2D eigenvalue weighted by Gasteiger charge is -2.30. The molecule has 3 heteroatoms. The smallest absolute Gasteiger partial charge is 0.246 e. The zero-order valence-corrected chi connectivity index (χ0v) is 12.3. The molecular weight excluding hydrogens is 250 g/mol. The summed E-state index contributed by atoms with van der Waals surface area (Å²) in [5.74, 6) is 0.917. The third-order valence-corrected chi connectivity index (χ3v) is 4.00. The molecule has 1 saturated carbocycles. The maximum absolute atomic E-state index is 12.2. The second-order valence-electron chi connectivity index (χ2n) is 5.35. The van der Waals surface area contributed by atoms with E-state index in [0.717, 1.165) is 24.2 Å². The maximum Gasteiger partial charge on any atom is 0.246 e. The molecule has 1 aliphatic rings. The number of ether oxygens (including phenoxy) is 1. The molecule has 0 saturated heterocycles. The SMILES string of the molecule is COc1ccc(C=CC(=O)N(C)C2CCCCC2)cc1. The molecule has 0 spiro atoms. The van der Waals surface area contributed by atoms with Gasteiger partial charge in [0.1, 0.15) is 5.75 Å². The van der Waals surface area contributed by atoms with Crippen LogP contribution in [0.25, 0.3) is 6.08 Å². The van der Waals surface area contributed by atoms with Gasteiger partial charge in [-0.2, -0.15) is 0 Å². The Bertz CT molecular complexity index is 458. The number of methoxy groups -OCH3 is 1. The van der Waals surface area contributed by atoms with Gasteiger partial charge in [-0.1, -0.05) is 31.4 Å². The van der Waals surface area contributed by atoms with E-state index in [1.165, 1.54) is 19.3 Å². The van der Waals surface area contributed by atoms with Crippen molar-refractivity contribution in [2.24, 2.45) is 0 Å². The summed E-state index contributed by atoms with van der Waals surface area (Å²) in [4.78, 5) is 14.0. The van der Waals surface area contributed by atoms with Gasteiger partial charge in [0.05, 0.1) is 7.11 Å². The minimum atomic E-state index is 0.0905. The molecule has 108 valence electrons. The van der Waals surface area contributed by atoms with Crippen molar-refractivity contribution >= 4 is 12.0 Å². The molecular formula is C17H23NO2. The number of likely N-dealkylation sites (N-methyl/N-ethyl adjacent to an activating group) is 1. The molecule has 0 N–H and O–H groups in total. The van der Waals surface area contributed by atoms with Crippen LogP contribution in [0.3, 0.4) is 0 Å². The van der Waals surface area contributed by atoms with Crippen LogP contribution < -0.4 is 4.74 Å². The zero-order chi connectivity index (χ0) is 14.4. The summed E-state index contributed by atoms with van der Waals surface area (Å²) in [5.41, 5.74) is 1.01. The van der Waals surface area contributed by atoms with Crippen LogP contribution in [0, 0.1) is 0 Å². The Balaban J connectivity index is 1.93. The fourth-order valence-electron chi connectivity index (χ4n) is 2.65. The van der Waals surface area contributed by atoms with Crippen LogP contribution >= 0.6 is 0 Å². The van der Waals surface area contributed by atoms with Crippen LogP contribution in [0.15, 0.2) is 30.3 Å². The highest BCUT2D eigenvalue weighted by atomic mass is 16.5. The molecule has 1 aromatic rings. The van der Waals surface area contributed by atoms with Gasteiger partial charge in [0.25, 0.3) is 0 Å². The molecule has 1 aromatic carbocycles. The molecule has 0 radical (unpaired) electrons. The number of carbonyl (C=O) groups is 1. The summed E-state index contributed by atoms with van der Waals surface area (Å²) in [6.07, 6.45) is 9.59. The topological polar surface area (TPSA) is 29.5 Å². The van der Waals surface area contributed by atoms with Gasteiger partial charge in [0, 0.05) is 19.2 Å². The first-order valence-electron chi connectivity index (χ1n) is 7.29. The Morgan fingerprint density at radius 3 is 2.45 bits per heavy atom. The van der Waals surface area contributed by atoms with Gasteiger partial charge in [-0.15, -0.1) is 0 Å². The predicted octanol–water partition coefficient (Wildman–Crippen LogP) is 3.50. The van der Waals surface area contributed by atoms with Crippen LogP contribution in [-0.4, -0.2) is 31.0 Å². The number of carbonyl (C=O) groups excluding carboxylic acids is 1. The summed E-state index contributed by atoms with van der Waals surface area (Å²) in [6.45, 7) is 0. The first kappa shape index (κ1) is 14.6. The zero-order valence-electron chi connectivity index (χ0n) is 12.3. The van der Waals surface area contributed by atoms with E-state index in [2.05, 4.69) is 0 Å². The molecule has 1 amide bonds. The molecule has 1 fully saturated rings. The summed E-state index contributed by atoms with van der Waals surface area (Å²) < 4.78 is 5.11. The van der Waals surface area contributed by atoms with E-state index in [0.29, 0.717) is 6.04 Å². The van der Waals surface area contributed by atoms with Gasteiger partial charge >= 0.3 is 0 Å². The molecule has 0 aromatic heterocycles. The van der Waals surface area contributed by atoms with Crippen molar-refractivity contribution in [3.05, 3.63) is 35.9 Å². The number of nitrogens with zero attached hydrogens (tertiary/aromatic N) is 1. The summed E-state index contributed by atoms with van der Waals surface area (Å²) >= 11 is 0. The molecule has 0 aliphatic heterocycles. The second-order valence-corrected chi connectivity index (χ2v) is 5.35. The Morgan fingerprint density at radius 2 is 1.85 bits per heavy atom. The normalized spacial score (nSPS) is 16.3. The maximum atomic E-state index is 12.2. The summed E-state index contributed by atoms with van der Waals surface area (Å²) in [5, 5.41) is 0. The van der Waals surface area contributed by atoms with Gasteiger partial charge in [0.15, 0.2) is 0 Å². The second kappa shape index (κ2) is 7.13. The Labute approximate surface area is 121 Å². The van der Waals surface area contributed by atoms with E-state index < -0.39 is 0 Å². The van der Waals surface area contributed by atoms with Crippen molar-refractivity contribution in [2.45, 2.75) is 38.1 Å². The average molecular weight is 273 g/mol. The lowest BCUT2D eigenvalue weighted by molar-refractivity contribution is -0.127. The van der Waals surface area contributed by atoms with Gasteiger partial charge in [0.2, 0.25) is 5.91 Å². The highest BCUT2D eigenvalue weighted by Crippen LogP contribution is 2.22. The van der Waals surface area contributed by atoms with Gasteiger partial charge in [-0.3, -0.25) is 4.79 Å². The van der Waals surface area contributed by atoms with Gasteiger partial charge in [-0.05, 0) is 36.6 Å². The van der Waals surface area contributed by atoms with E-state index in [1.807, 2.05) is 42.3 Å². The number of rotatable bonds is 4. The van der Waals surface area contributed by atoms with Crippen LogP contribution in [0.5, 0.6) is 5.75 Å². The molecule has 0 bridgehead atoms. The van der Waals surface area contributed by atoms with Crippen molar-refractivity contribution in [3.8, 4) is 5.75 Å². The molecule has 0 atom stereocenters. The van der Waals surface area contributed by atoms with Crippen LogP contribution in [-0.2, 0) is 4.79 Å². The number of benzene rings is 1. The van der Waals surface area contributed by atoms with E-state index in [1.54, 1.807) is 13.2 Å². The first-order chi connectivity index (χ1) is 9.70. The van der Waals surface area contributed by atoms with Crippen molar-refractivity contribution in [3.63, 3.8) is 0 Å². The lowest BCUT2D eigenvalue weighted by Crippen LogP contribution is -2.37. The first-order valence-corrected chi connectivity index (χ1v) is 7.29. The van der Waals surface area contributed by atoms with Gasteiger partial charge in [-0.25, -0.2) is 0 Å². The fraction of sp³-hybridized carbons (Fsp3) is 0.471. The highest BCUT2D eigenvalue weighted by Gasteiger charge is 2.20. The lowest BCUT2D eigenvalue weighted by atomic mass is 9.94. The highest BCUT2D eigenvalue weighted by molar-refractivity contribution is 5.91. The van der Waals surface area contributed by atoms with E-state index >= 15 is 0 Å². The molecule has 20 heavy (non-hydrogen) atoms. The quantitative estimate of drug-likeness (QED) is 0.786. The van der Waals surface area contributed by atoms with E-state index in [-0.39, 0.29) is 5.91 Å². The minimum absolute atomic E-state index is 0.0905. The molecule has 1 aliphatic carbocycles. The standard InChI is InChI=1S/C17H23NO2/c1-18(15-6-4-3-5-7-15)17(19)13-10-14-8-11-16(20-2)12-9-14/h8-13,15H,3-7H2,1-2H3. The Hall–Kier alpha value is -1.77. The Kier molecular flexibility index (Phi) is 5.22. The molecule has 2 rings (SSSR count). The monoisotopic (exact) mass is 273 g/mol. The van der Waals surface area contributed by atoms with Crippen molar-refractivity contribution in [1.82, 2.24) is 4.90 Å². The Morgan fingerprint density at radius 1 is 1.20 bits per heavy atom.